The van der Waals surface area contributed by atoms with Gasteiger partial charge in [0.25, 0.3) is 0 Å². The van der Waals surface area contributed by atoms with E-state index < -0.39 is 0 Å². The number of thiazole rings is 1. The predicted octanol–water partition coefficient (Wildman–Crippen LogP) is 3.25. The van der Waals surface area contributed by atoms with Gasteiger partial charge in [-0.2, -0.15) is 0 Å². The summed E-state index contributed by atoms with van der Waals surface area (Å²) in [5.41, 5.74) is 2.16. The molecule has 2 N–H and O–H groups in total. The topological polar surface area (TPSA) is 62.5 Å². The van der Waals surface area contributed by atoms with Crippen molar-refractivity contribution in [3.8, 4) is 0 Å². The summed E-state index contributed by atoms with van der Waals surface area (Å²) in [6.45, 7) is 12.2. The van der Waals surface area contributed by atoms with Crippen LogP contribution in [0.2, 0.25) is 0 Å². The summed E-state index contributed by atoms with van der Waals surface area (Å²) in [6, 6.07) is 3.88. The number of rotatable bonds is 8. The molecule has 0 aliphatic carbocycles. The molecule has 0 fully saturated rings. The Balaban J connectivity index is 1.81. The molecule has 0 amide bonds. The van der Waals surface area contributed by atoms with E-state index in [1.54, 1.807) is 17.6 Å². The first-order chi connectivity index (χ1) is 11.5. The molecule has 130 valence electrons. The number of nitrogens with one attached hydrogen (secondary N) is 2. The lowest BCUT2D eigenvalue weighted by atomic mass is 10.3. The standard InChI is InChI=1S/C18H26N4OS/c1-13(2)12-21-18(19-9-7-16-6-5-11-23-16)20-10-8-17-22-14(3)15(4)24-17/h5-6,11H,1,7-10,12H2,2-4H3,(H2,19,20,21). The second-order valence-electron chi connectivity index (χ2n) is 5.80. The van der Waals surface area contributed by atoms with Crippen molar-refractivity contribution < 1.29 is 4.42 Å². The van der Waals surface area contributed by atoms with Crippen LogP contribution in [0.5, 0.6) is 0 Å². The molecule has 5 nitrogen and oxygen atoms in total. The van der Waals surface area contributed by atoms with Gasteiger partial charge >= 0.3 is 0 Å². The van der Waals surface area contributed by atoms with E-state index in [2.05, 4.69) is 41.0 Å². The van der Waals surface area contributed by atoms with Crippen LogP contribution in [0.3, 0.4) is 0 Å². The quantitative estimate of drug-likeness (QED) is 0.437. The summed E-state index contributed by atoms with van der Waals surface area (Å²) < 4.78 is 5.34. The Kier molecular flexibility index (Phi) is 7.06. The maximum atomic E-state index is 5.34. The number of hydrogen-bond acceptors (Lipinski definition) is 4. The highest BCUT2D eigenvalue weighted by atomic mass is 32.1. The van der Waals surface area contributed by atoms with E-state index in [1.165, 1.54) is 4.88 Å². The van der Waals surface area contributed by atoms with E-state index in [0.717, 1.165) is 53.9 Å². The summed E-state index contributed by atoms with van der Waals surface area (Å²) in [5, 5.41) is 7.86. The number of furan rings is 1. The SMILES string of the molecule is C=C(C)CN=C(NCCc1ccco1)NCCc1nc(C)c(C)s1. The van der Waals surface area contributed by atoms with Crippen molar-refractivity contribution >= 4 is 17.3 Å². The average Bonchev–Trinajstić information content (AvgIpc) is 3.15. The van der Waals surface area contributed by atoms with Gasteiger partial charge in [-0.25, -0.2) is 9.98 Å². The lowest BCUT2D eigenvalue weighted by Gasteiger charge is -2.12. The molecule has 2 aromatic rings. The van der Waals surface area contributed by atoms with Gasteiger partial charge in [-0.1, -0.05) is 12.2 Å². The minimum Gasteiger partial charge on any atom is -0.469 e. The van der Waals surface area contributed by atoms with Crippen molar-refractivity contribution in [1.29, 1.82) is 0 Å². The largest absolute Gasteiger partial charge is 0.469 e. The molecule has 0 unspecified atom stereocenters. The third-order valence-electron chi connectivity index (χ3n) is 3.46. The Hall–Kier alpha value is -2.08. The van der Waals surface area contributed by atoms with Gasteiger partial charge in [0.05, 0.1) is 23.5 Å². The third kappa shape index (κ3) is 6.20. The molecule has 0 atom stereocenters. The van der Waals surface area contributed by atoms with Crippen LogP contribution in [0.4, 0.5) is 0 Å². The predicted molar refractivity (Wildman–Crippen MR) is 101 cm³/mol. The number of hydrogen-bond donors (Lipinski definition) is 2. The molecule has 0 aromatic carbocycles. The van der Waals surface area contributed by atoms with Crippen LogP contribution in [0.1, 0.15) is 28.3 Å². The minimum absolute atomic E-state index is 0.617. The molecule has 0 bridgehead atoms. The van der Waals surface area contributed by atoms with Crippen molar-refractivity contribution in [3.05, 3.63) is 51.9 Å². The summed E-state index contributed by atoms with van der Waals surface area (Å²) >= 11 is 1.76. The van der Waals surface area contributed by atoms with E-state index in [0.29, 0.717) is 6.54 Å². The fraction of sp³-hybridized carbons (Fsp3) is 0.444. The third-order valence-corrected chi connectivity index (χ3v) is 4.59. The van der Waals surface area contributed by atoms with Gasteiger partial charge in [-0.05, 0) is 32.9 Å². The first-order valence-electron chi connectivity index (χ1n) is 8.16. The molecular formula is C18H26N4OS. The van der Waals surface area contributed by atoms with Gasteiger partial charge in [-0.3, -0.25) is 0 Å². The van der Waals surface area contributed by atoms with Crippen molar-refractivity contribution in [2.45, 2.75) is 33.6 Å². The number of aromatic nitrogens is 1. The normalized spacial score (nSPS) is 11.5. The van der Waals surface area contributed by atoms with Crippen LogP contribution in [0.25, 0.3) is 0 Å². The van der Waals surface area contributed by atoms with E-state index in [-0.39, 0.29) is 0 Å². The Morgan fingerprint density at radius 2 is 2.04 bits per heavy atom. The second kappa shape index (κ2) is 9.27. The van der Waals surface area contributed by atoms with E-state index in [1.807, 2.05) is 19.1 Å². The monoisotopic (exact) mass is 346 g/mol. The summed E-state index contributed by atoms with van der Waals surface area (Å²) in [6.07, 6.45) is 3.42. The van der Waals surface area contributed by atoms with E-state index in [9.17, 15) is 0 Å². The van der Waals surface area contributed by atoms with Crippen molar-refractivity contribution in [1.82, 2.24) is 15.6 Å². The molecule has 2 aromatic heterocycles. The smallest absolute Gasteiger partial charge is 0.191 e. The summed E-state index contributed by atoms with van der Waals surface area (Å²) in [4.78, 5) is 10.4. The van der Waals surface area contributed by atoms with Crippen molar-refractivity contribution in [2.24, 2.45) is 4.99 Å². The highest BCUT2D eigenvalue weighted by Crippen LogP contribution is 2.16. The Morgan fingerprint density at radius 1 is 1.29 bits per heavy atom. The van der Waals surface area contributed by atoms with Gasteiger partial charge in [0.2, 0.25) is 0 Å². The lowest BCUT2D eigenvalue weighted by Crippen LogP contribution is -2.39. The molecule has 24 heavy (non-hydrogen) atoms. The van der Waals surface area contributed by atoms with Crippen LogP contribution in [0, 0.1) is 13.8 Å². The van der Waals surface area contributed by atoms with Crippen LogP contribution in [-0.2, 0) is 12.8 Å². The van der Waals surface area contributed by atoms with E-state index >= 15 is 0 Å². The van der Waals surface area contributed by atoms with Crippen molar-refractivity contribution in [2.75, 3.05) is 19.6 Å². The molecule has 0 aliphatic rings. The molecule has 0 spiro atoms. The van der Waals surface area contributed by atoms with Gasteiger partial charge in [0.1, 0.15) is 5.76 Å². The van der Waals surface area contributed by atoms with Crippen LogP contribution >= 0.6 is 11.3 Å². The van der Waals surface area contributed by atoms with Crippen LogP contribution in [-0.4, -0.2) is 30.6 Å². The highest BCUT2D eigenvalue weighted by Gasteiger charge is 2.05. The van der Waals surface area contributed by atoms with Crippen molar-refractivity contribution in [3.63, 3.8) is 0 Å². The first kappa shape index (κ1) is 18.3. The first-order valence-corrected chi connectivity index (χ1v) is 8.98. The molecule has 0 saturated heterocycles. The molecule has 6 heteroatoms. The lowest BCUT2D eigenvalue weighted by molar-refractivity contribution is 0.507. The molecule has 0 saturated carbocycles. The maximum Gasteiger partial charge on any atom is 0.191 e. The van der Waals surface area contributed by atoms with Gasteiger partial charge in [0.15, 0.2) is 5.96 Å². The van der Waals surface area contributed by atoms with E-state index in [4.69, 9.17) is 4.42 Å². The molecule has 0 aliphatic heterocycles. The molecular weight excluding hydrogens is 320 g/mol. The summed E-state index contributed by atoms with van der Waals surface area (Å²) in [7, 11) is 0. The zero-order valence-electron chi connectivity index (χ0n) is 14.7. The number of nitrogens with zero attached hydrogens (tertiary/aromatic N) is 2. The molecule has 2 heterocycles. The highest BCUT2D eigenvalue weighted by molar-refractivity contribution is 7.11. The fourth-order valence-corrected chi connectivity index (χ4v) is 3.01. The van der Waals surface area contributed by atoms with Gasteiger partial charge < -0.3 is 15.1 Å². The Morgan fingerprint density at radius 3 is 2.62 bits per heavy atom. The zero-order chi connectivity index (χ0) is 17.4. The minimum atomic E-state index is 0.617. The number of guanidine groups is 1. The average molecular weight is 347 g/mol. The summed E-state index contributed by atoms with van der Waals surface area (Å²) in [5.74, 6) is 1.77. The zero-order valence-corrected chi connectivity index (χ0v) is 15.5. The van der Waals surface area contributed by atoms with Crippen LogP contribution < -0.4 is 10.6 Å². The Bertz CT molecular complexity index is 654. The Labute approximate surface area is 147 Å². The second-order valence-corrected chi connectivity index (χ2v) is 7.09. The fourth-order valence-electron chi connectivity index (χ4n) is 2.08. The number of aliphatic imine (C=N–C) groups is 1. The van der Waals surface area contributed by atoms with Gasteiger partial charge in [0, 0.05) is 30.8 Å². The molecule has 0 radical (unpaired) electrons. The van der Waals surface area contributed by atoms with Crippen LogP contribution in [0.15, 0.2) is 40.0 Å². The number of aryl methyl sites for hydroxylation is 2. The molecule has 2 rings (SSSR count). The van der Waals surface area contributed by atoms with Gasteiger partial charge in [-0.15, -0.1) is 11.3 Å². The maximum absolute atomic E-state index is 5.34.